The lowest BCUT2D eigenvalue weighted by atomic mass is 9.91. The van der Waals surface area contributed by atoms with Gasteiger partial charge in [0.25, 0.3) is 0 Å². The zero-order valence-corrected chi connectivity index (χ0v) is 11.7. The normalized spacial score (nSPS) is 12.1. The second kappa shape index (κ2) is 7.72. The van der Waals surface area contributed by atoms with Crippen molar-refractivity contribution in [3.05, 3.63) is 35.4 Å². The van der Waals surface area contributed by atoms with Gasteiger partial charge in [-0.05, 0) is 24.3 Å². The van der Waals surface area contributed by atoms with Crippen LogP contribution in [0.15, 0.2) is 24.3 Å². The molecule has 0 saturated carbocycles. The molecule has 0 aliphatic heterocycles. The zero-order chi connectivity index (χ0) is 14.3. The Hall–Kier alpha value is -1.64. The van der Waals surface area contributed by atoms with Crippen LogP contribution >= 0.6 is 0 Å². The van der Waals surface area contributed by atoms with E-state index in [0.29, 0.717) is 11.5 Å². The smallest absolute Gasteiger partial charge is 0.303 e. The summed E-state index contributed by atoms with van der Waals surface area (Å²) in [6.45, 7) is 4.35. The number of hydrogen-bond donors (Lipinski definition) is 1. The van der Waals surface area contributed by atoms with Crippen LogP contribution in [0.4, 0.5) is 0 Å². The van der Waals surface area contributed by atoms with E-state index in [4.69, 9.17) is 5.11 Å². The first-order chi connectivity index (χ1) is 9.08. The Bertz CT molecular complexity index is 420. The van der Waals surface area contributed by atoms with E-state index in [9.17, 15) is 9.59 Å². The van der Waals surface area contributed by atoms with Gasteiger partial charge in [-0.25, -0.2) is 0 Å². The number of carboxylic acid groups (broad SMARTS) is 1. The van der Waals surface area contributed by atoms with Crippen molar-refractivity contribution >= 4 is 11.8 Å². The summed E-state index contributed by atoms with van der Waals surface area (Å²) in [7, 11) is 0. The SMILES string of the molecule is CCC[C@H](CC)c1ccc(C(=O)CCC(=O)O)cc1. The minimum absolute atomic E-state index is 0.0703. The van der Waals surface area contributed by atoms with E-state index in [0.717, 1.165) is 19.3 Å². The van der Waals surface area contributed by atoms with Crippen LogP contribution < -0.4 is 0 Å². The molecule has 0 spiro atoms. The fourth-order valence-electron chi connectivity index (χ4n) is 2.26. The maximum absolute atomic E-state index is 11.8. The molecule has 19 heavy (non-hydrogen) atoms. The molecular weight excluding hydrogens is 240 g/mol. The van der Waals surface area contributed by atoms with E-state index in [1.54, 1.807) is 0 Å². The third kappa shape index (κ3) is 4.86. The van der Waals surface area contributed by atoms with E-state index in [2.05, 4.69) is 13.8 Å². The fraction of sp³-hybridized carbons (Fsp3) is 0.500. The Morgan fingerprint density at radius 3 is 2.21 bits per heavy atom. The lowest BCUT2D eigenvalue weighted by molar-refractivity contribution is -0.136. The molecule has 104 valence electrons. The zero-order valence-electron chi connectivity index (χ0n) is 11.7. The van der Waals surface area contributed by atoms with Gasteiger partial charge < -0.3 is 5.11 Å². The Morgan fingerprint density at radius 1 is 1.11 bits per heavy atom. The molecule has 0 heterocycles. The highest BCUT2D eigenvalue weighted by Gasteiger charge is 2.11. The summed E-state index contributed by atoms with van der Waals surface area (Å²) in [6, 6.07) is 7.63. The lowest BCUT2D eigenvalue weighted by Crippen LogP contribution is -2.04. The first-order valence-corrected chi connectivity index (χ1v) is 6.93. The molecule has 1 rings (SSSR count). The van der Waals surface area contributed by atoms with E-state index in [1.807, 2.05) is 24.3 Å². The first-order valence-electron chi connectivity index (χ1n) is 6.93. The Balaban J connectivity index is 2.69. The van der Waals surface area contributed by atoms with Gasteiger partial charge in [-0.3, -0.25) is 9.59 Å². The molecule has 0 radical (unpaired) electrons. The van der Waals surface area contributed by atoms with Crippen molar-refractivity contribution in [1.82, 2.24) is 0 Å². The number of rotatable bonds is 8. The minimum atomic E-state index is -0.932. The highest BCUT2D eigenvalue weighted by Crippen LogP contribution is 2.25. The van der Waals surface area contributed by atoms with Crippen molar-refractivity contribution in [3.63, 3.8) is 0 Å². The van der Waals surface area contributed by atoms with Gasteiger partial charge in [0.05, 0.1) is 6.42 Å². The second-order valence-electron chi connectivity index (χ2n) is 4.83. The van der Waals surface area contributed by atoms with Crippen LogP contribution in [0.5, 0.6) is 0 Å². The van der Waals surface area contributed by atoms with Crippen LogP contribution in [0.1, 0.15) is 67.8 Å². The number of benzene rings is 1. The Labute approximate surface area is 114 Å². The molecule has 0 aliphatic carbocycles. The van der Waals surface area contributed by atoms with Crippen LogP contribution in [-0.4, -0.2) is 16.9 Å². The molecule has 0 aromatic heterocycles. The highest BCUT2D eigenvalue weighted by molar-refractivity contribution is 5.97. The molecular formula is C16H22O3. The van der Waals surface area contributed by atoms with Gasteiger partial charge in [0.1, 0.15) is 0 Å². The molecule has 0 fully saturated rings. The van der Waals surface area contributed by atoms with Crippen LogP contribution in [0.3, 0.4) is 0 Å². The lowest BCUT2D eigenvalue weighted by Gasteiger charge is -2.14. The van der Waals surface area contributed by atoms with E-state index in [-0.39, 0.29) is 18.6 Å². The topological polar surface area (TPSA) is 54.4 Å². The van der Waals surface area contributed by atoms with Crippen LogP contribution in [0, 0.1) is 0 Å². The standard InChI is InChI=1S/C16H22O3/c1-3-5-12(4-2)13-6-8-14(9-7-13)15(17)10-11-16(18)19/h6-9,12H,3-5,10-11H2,1-2H3,(H,18,19)/t12-/m0/s1. The molecule has 0 amide bonds. The number of carboxylic acids is 1. The van der Waals surface area contributed by atoms with Crippen LogP contribution in [0.25, 0.3) is 0 Å². The quantitative estimate of drug-likeness (QED) is 0.720. The number of Topliss-reactive ketones (excluding diaryl/α,β-unsaturated/α-hetero) is 1. The van der Waals surface area contributed by atoms with Crippen molar-refractivity contribution in [3.8, 4) is 0 Å². The van der Waals surface area contributed by atoms with Gasteiger partial charge in [0.2, 0.25) is 0 Å². The van der Waals surface area contributed by atoms with Crippen molar-refractivity contribution < 1.29 is 14.7 Å². The van der Waals surface area contributed by atoms with Gasteiger partial charge in [0.15, 0.2) is 5.78 Å². The molecule has 0 unspecified atom stereocenters. The molecule has 0 saturated heterocycles. The monoisotopic (exact) mass is 262 g/mol. The largest absolute Gasteiger partial charge is 0.481 e. The molecule has 0 bridgehead atoms. The van der Waals surface area contributed by atoms with Gasteiger partial charge in [-0.2, -0.15) is 0 Å². The van der Waals surface area contributed by atoms with Crippen LogP contribution in [0.2, 0.25) is 0 Å². The van der Waals surface area contributed by atoms with Gasteiger partial charge in [-0.15, -0.1) is 0 Å². The van der Waals surface area contributed by atoms with Crippen molar-refractivity contribution in [2.45, 2.75) is 51.9 Å². The molecule has 1 aromatic carbocycles. The Morgan fingerprint density at radius 2 is 1.74 bits per heavy atom. The molecule has 1 atom stereocenters. The number of ketones is 1. The average molecular weight is 262 g/mol. The molecule has 1 N–H and O–H groups in total. The summed E-state index contributed by atoms with van der Waals surface area (Å²) in [5.74, 6) is -0.482. The van der Waals surface area contributed by atoms with Gasteiger partial charge in [0, 0.05) is 12.0 Å². The van der Waals surface area contributed by atoms with Crippen molar-refractivity contribution in [2.24, 2.45) is 0 Å². The third-order valence-corrected chi connectivity index (χ3v) is 3.40. The average Bonchev–Trinajstić information content (AvgIpc) is 2.42. The molecule has 1 aromatic rings. The maximum atomic E-state index is 11.8. The Kier molecular flexibility index (Phi) is 6.26. The van der Waals surface area contributed by atoms with E-state index < -0.39 is 5.97 Å². The number of carbonyl (C=O) groups excluding carboxylic acids is 1. The summed E-state index contributed by atoms with van der Waals surface area (Å²) >= 11 is 0. The number of carbonyl (C=O) groups is 2. The first kappa shape index (κ1) is 15.4. The summed E-state index contributed by atoms with van der Waals surface area (Å²) in [6.07, 6.45) is 3.37. The highest BCUT2D eigenvalue weighted by atomic mass is 16.4. The summed E-state index contributed by atoms with van der Waals surface area (Å²) in [4.78, 5) is 22.2. The molecule has 3 nitrogen and oxygen atoms in total. The van der Waals surface area contributed by atoms with Crippen molar-refractivity contribution in [2.75, 3.05) is 0 Å². The number of hydrogen-bond acceptors (Lipinski definition) is 2. The van der Waals surface area contributed by atoms with E-state index >= 15 is 0 Å². The number of aliphatic carboxylic acids is 1. The van der Waals surface area contributed by atoms with Gasteiger partial charge in [-0.1, -0.05) is 44.5 Å². The molecule has 3 heteroatoms. The summed E-state index contributed by atoms with van der Waals surface area (Å²) in [5.41, 5.74) is 1.87. The van der Waals surface area contributed by atoms with Crippen molar-refractivity contribution in [1.29, 1.82) is 0 Å². The minimum Gasteiger partial charge on any atom is -0.481 e. The second-order valence-corrected chi connectivity index (χ2v) is 4.83. The molecule has 0 aliphatic rings. The predicted octanol–water partition coefficient (Wildman–Crippen LogP) is 4.03. The van der Waals surface area contributed by atoms with Gasteiger partial charge >= 0.3 is 5.97 Å². The van der Waals surface area contributed by atoms with E-state index in [1.165, 1.54) is 5.56 Å². The third-order valence-electron chi connectivity index (χ3n) is 3.40. The fourth-order valence-corrected chi connectivity index (χ4v) is 2.26. The van der Waals surface area contributed by atoms with Crippen LogP contribution in [-0.2, 0) is 4.79 Å². The maximum Gasteiger partial charge on any atom is 0.303 e. The predicted molar refractivity (Wildman–Crippen MR) is 75.6 cm³/mol. The summed E-state index contributed by atoms with van der Waals surface area (Å²) in [5, 5.41) is 8.56. The summed E-state index contributed by atoms with van der Waals surface area (Å²) < 4.78 is 0.